The Hall–Kier alpha value is -2.63. The lowest BCUT2D eigenvalue weighted by molar-refractivity contribution is -0.119. The van der Waals surface area contributed by atoms with Crippen LogP contribution in [-0.2, 0) is 11.3 Å². The summed E-state index contributed by atoms with van der Waals surface area (Å²) >= 11 is 0. The van der Waals surface area contributed by atoms with Gasteiger partial charge in [-0.15, -0.1) is 0 Å². The van der Waals surface area contributed by atoms with Crippen molar-refractivity contribution in [2.45, 2.75) is 13.5 Å². The van der Waals surface area contributed by atoms with Crippen molar-refractivity contribution in [2.24, 2.45) is 0 Å². The number of nitrogens with one attached hydrogen (secondary N) is 2. The lowest BCUT2D eigenvalue weighted by Crippen LogP contribution is -2.19. The van der Waals surface area contributed by atoms with E-state index in [0.29, 0.717) is 17.6 Å². The molecule has 3 rings (SSSR count). The van der Waals surface area contributed by atoms with Gasteiger partial charge >= 0.3 is 0 Å². The van der Waals surface area contributed by atoms with E-state index in [9.17, 15) is 9.59 Å². The van der Waals surface area contributed by atoms with Gasteiger partial charge in [-0.05, 0) is 12.1 Å². The summed E-state index contributed by atoms with van der Waals surface area (Å²) in [5, 5.41) is 7.54. The number of H-pyrrole nitrogens is 1. The Morgan fingerprint density at radius 3 is 3.00 bits per heavy atom. The number of para-hydroxylation sites is 1. The summed E-state index contributed by atoms with van der Waals surface area (Å²) in [5.74, 6) is -0.123. The summed E-state index contributed by atoms with van der Waals surface area (Å²) in [6, 6.07) is 7.26. The van der Waals surface area contributed by atoms with Gasteiger partial charge in [-0.3, -0.25) is 9.59 Å². The molecule has 19 heavy (non-hydrogen) atoms. The molecule has 0 fully saturated rings. The third kappa shape index (κ3) is 1.87. The fraction of sp³-hybridized carbons (Fsp3) is 0.154. The number of nitrogens with zero attached hydrogens (tertiary/aromatic N) is 2. The molecule has 0 aliphatic heterocycles. The maximum absolute atomic E-state index is 12.0. The van der Waals surface area contributed by atoms with Gasteiger partial charge in [-0.2, -0.15) is 5.10 Å². The molecule has 2 N–H and O–H groups in total. The van der Waals surface area contributed by atoms with Crippen LogP contribution >= 0.6 is 0 Å². The quantitative estimate of drug-likeness (QED) is 0.712. The van der Waals surface area contributed by atoms with E-state index in [-0.39, 0.29) is 11.5 Å². The number of carbonyl (C=O) groups is 1. The second kappa shape index (κ2) is 4.24. The molecule has 0 spiro atoms. The molecule has 3 aromatic rings. The van der Waals surface area contributed by atoms with Crippen LogP contribution < -0.4 is 10.9 Å². The fourth-order valence-corrected chi connectivity index (χ4v) is 2.07. The zero-order chi connectivity index (χ0) is 13.4. The highest BCUT2D eigenvalue weighted by molar-refractivity contribution is 5.80. The van der Waals surface area contributed by atoms with Crippen molar-refractivity contribution in [1.29, 1.82) is 0 Å². The van der Waals surface area contributed by atoms with Crippen molar-refractivity contribution in [1.82, 2.24) is 19.9 Å². The highest BCUT2D eigenvalue weighted by atomic mass is 16.1. The minimum absolute atomic E-state index is 0.123. The van der Waals surface area contributed by atoms with E-state index in [2.05, 4.69) is 15.4 Å². The molecule has 0 aliphatic rings. The minimum atomic E-state index is -0.160. The van der Waals surface area contributed by atoms with Crippen molar-refractivity contribution >= 4 is 22.5 Å². The summed E-state index contributed by atoms with van der Waals surface area (Å²) in [5.41, 5.74) is 1.97. The molecule has 6 heteroatoms. The van der Waals surface area contributed by atoms with Crippen LogP contribution in [0.5, 0.6) is 0 Å². The van der Waals surface area contributed by atoms with Crippen LogP contribution in [0.4, 0.5) is 0 Å². The van der Waals surface area contributed by atoms with E-state index in [1.54, 1.807) is 16.8 Å². The Kier molecular flexibility index (Phi) is 2.56. The van der Waals surface area contributed by atoms with E-state index in [0.717, 1.165) is 11.1 Å². The standard InChI is InChI=1S/C13H12N4O2/c1-8(18)14-6-9-7-15-17-11-5-3-2-4-10(11)13(19)16-12(9)17/h2-5,7H,6H2,1H3,(H,14,18)(H,16,19). The minimum Gasteiger partial charge on any atom is -0.352 e. The lowest BCUT2D eigenvalue weighted by atomic mass is 10.2. The summed E-state index contributed by atoms with van der Waals surface area (Å²) in [7, 11) is 0. The Bertz CT molecular complexity index is 831. The van der Waals surface area contributed by atoms with Gasteiger partial charge in [0.15, 0.2) is 0 Å². The number of hydrogen-bond acceptors (Lipinski definition) is 3. The molecule has 2 aromatic heterocycles. The van der Waals surface area contributed by atoms with Gasteiger partial charge < -0.3 is 10.3 Å². The van der Waals surface area contributed by atoms with Gasteiger partial charge in [0.2, 0.25) is 5.91 Å². The first-order valence-electron chi connectivity index (χ1n) is 5.89. The van der Waals surface area contributed by atoms with Gasteiger partial charge in [-0.25, -0.2) is 4.52 Å². The van der Waals surface area contributed by atoms with Crippen molar-refractivity contribution in [3.63, 3.8) is 0 Å². The van der Waals surface area contributed by atoms with Crippen LogP contribution in [0.25, 0.3) is 16.6 Å². The van der Waals surface area contributed by atoms with Crippen molar-refractivity contribution < 1.29 is 4.79 Å². The molecule has 0 radical (unpaired) electrons. The van der Waals surface area contributed by atoms with Gasteiger partial charge in [0.1, 0.15) is 5.65 Å². The average molecular weight is 256 g/mol. The Morgan fingerprint density at radius 1 is 1.42 bits per heavy atom. The molecule has 0 saturated heterocycles. The number of benzene rings is 1. The first-order valence-corrected chi connectivity index (χ1v) is 5.89. The van der Waals surface area contributed by atoms with E-state index in [4.69, 9.17) is 0 Å². The largest absolute Gasteiger partial charge is 0.352 e. The molecule has 0 saturated carbocycles. The van der Waals surface area contributed by atoms with Crippen molar-refractivity contribution in [2.75, 3.05) is 0 Å². The molecule has 1 amide bonds. The van der Waals surface area contributed by atoms with Crippen LogP contribution in [0.1, 0.15) is 12.5 Å². The topological polar surface area (TPSA) is 79.3 Å². The monoisotopic (exact) mass is 256 g/mol. The van der Waals surface area contributed by atoms with E-state index < -0.39 is 0 Å². The predicted octanol–water partition coefficient (Wildman–Crippen LogP) is 0.812. The third-order valence-electron chi connectivity index (χ3n) is 2.98. The second-order valence-electron chi connectivity index (χ2n) is 4.31. The number of amides is 1. The van der Waals surface area contributed by atoms with Crippen molar-refractivity contribution in [3.8, 4) is 0 Å². The molecular weight excluding hydrogens is 244 g/mol. The number of rotatable bonds is 2. The zero-order valence-corrected chi connectivity index (χ0v) is 10.3. The Labute approximate surface area is 108 Å². The number of fused-ring (bicyclic) bond motifs is 3. The van der Waals surface area contributed by atoms with E-state index in [1.807, 2.05) is 18.2 Å². The highest BCUT2D eigenvalue weighted by Gasteiger charge is 2.09. The zero-order valence-electron chi connectivity index (χ0n) is 10.3. The summed E-state index contributed by atoms with van der Waals surface area (Å²) in [6.07, 6.45) is 1.65. The summed E-state index contributed by atoms with van der Waals surface area (Å²) in [6.45, 7) is 1.79. The van der Waals surface area contributed by atoms with Crippen molar-refractivity contribution in [3.05, 3.63) is 46.4 Å². The molecule has 0 bridgehead atoms. The smallest absolute Gasteiger partial charge is 0.259 e. The van der Waals surface area contributed by atoms with Gasteiger partial charge in [0, 0.05) is 19.0 Å². The fourth-order valence-electron chi connectivity index (χ4n) is 2.07. The van der Waals surface area contributed by atoms with Crippen LogP contribution in [-0.4, -0.2) is 20.5 Å². The molecule has 1 aromatic carbocycles. The molecule has 2 heterocycles. The number of hydrogen-bond donors (Lipinski definition) is 2. The molecule has 96 valence electrons. The SMILES string of the molecule is CC(=O)NCc1cnn2c1[nH]c(=O)c1ccccc12. The van der Waals surface area contributed by atoms with Crippen LogP contribution in [0.2, 0.25) is 0 Å². The number of aromatic amines is 1. The van der Waals surface area contributed by atoms with Crippen LogP contribution in [0, 0.1) is 0 Å². The van der Waals surface area contributed by atoms with E-state index >= 15 is 0 Å². The number of carbonyl (C=O) groups excluding carboxylic acids is 1. The third-order valence-corrected chi connectivity index (χ3v) is 2.98. The average Bonchev–Trinajstić information content (AvgIpc) is 2.80. The Morgan fingerprint density at radius 2 is 2.21 bits per heavy atom. The summed E-state index contributed by atoms with van der Waals surface area (Å²) in [4.78, 5) is 25.7. The maximum atomic E-state index is 12.0. The molecule has 0 unspecified atom stereocenters. The molecule has 0 atom stereocenters. The molecule has 6 nitrogen and oxygen atoms in total. The lowest BCUT2D eigenvalue weighted by Gasteiger charge is -2.03. The van der Waals surface area contributed by atoms with Gasteiger partial charge in [0.25, 0.3) is 5.56 Å². The molecular formula is C13H12N4O2. The first-order chi connectivity index (χ1) is 9.16. The first kappa shape index (κ1) is 11.5. The van der Waals surface area contributed by atoms with Gasteiger partial charge in [-0.1, -0.05) is 12.1 Å². The second-order valence-corrected chi connectivity index (χ2v) is 4.31. The van der Waals surface area contributed by atoms with E-state index in [1.165, 1.54) is 6.92 Å². The van der Waals surface area contributed by atoms with Crippen LogP contribution in [0.15, 0.2) is 35.3 Å². The maximum Gasteiger partial charge on any atom is 0.259 e. The Balaban J connectivity index is 2.24. The number of aromatic nitrogens is 3. The summed E-state index contributed by atoms with van der Waals surface area (Å²) < 4.78 is 1.67. The highest BCUT2D eigenvalue weighted by Crippen LogP contribution is 2.13. The van der Waals surface area contributed by atoms with Gasteiger partial charge in [0.05, 0.1) is 17.1 Å². The normalized spacial score (nSPS) is 11.0. The van der Waals surface area contributed by atoms with Crippen LogP contribution in [0.3, 0.4) is 0 Å². The predicted molar refractivity (Wildman–Crippen MR) is 70.8 cm³/mol. The molecule has 0 aliphatic carbocycles.